The van der Waals surface area contributed by atoms with Crippen LogP contribution in [0.3, 0.4) is 0 Å². The van der Waals surface area contributed by atoms with Gasteiger partial charge in [0.25, 0.3) is 0 Å². The molecular formula is C9H6Br2O2. The molecule has 0 aromatic heterocycles. The molecule has 0 aliphatic heterocycles. The van der Waals surface area contributed by atoms with Gasteiger partial charge in [0.15, 0.2) is 12.1 Å². The highest BCUT2D eigenvalue weighted by atomic mass is 79.9. The average Bonchev–Trinajstić information content (AvgIpc) is 2.07. The molecule has 13 heavy (non-hydrogen) atoms. The van der Waals surface area contributed by atoms with E-state index in [1.54, 1.807) is 12.1 Å². The fraction of sp³-hybridized carbons (Fsp3) is 0.111. The second-order valence-electron chi connectivity index (χ2n) is 2.53. The second kappa shape index (κ2) is 4.15. The van der Waals surface area contributed by atoms with Crippen molar-refractivity contribution in [3.63, 3.8) is 0 Å². The number of carbonyl (C=O) groups excluding carboxylic acids is 2. The minimum absolute atomic E-state index is 0.0370. The molecule has 4 heteroatoms. The Morgan fingerprint density at radius 3 is 2.38 bits per heavy atom. The summed E-state index contributed by atoms with van der Waals surface area (Å²) >= 11 is 6.43. The number of hydrogen-bond acceptors (Lipinski definition) is 2. The molecule has 0 unspecified atom stereocenters. The highest BCUT2D eigenvalue weighted by molar-refractivity contribution is 9.11. The third-order valence-electron chi connectivity index (χ3n) is 1.59. The van der Waals surface area contributed by atoms with Crippen molar-refractivity contribution in [2.24, 2.45) is 0 Å². The van der Waals surface area contributed by atoms with Crippen molar-refractivity contribution in [2.75, 3.05) is 0 Å². The molecule has 0 heterocycles. The maximum Gasteiger partial charge on any atom is 0.160 e. The minimum Gasteiger partial charge on any atom is -0.298 e. The fourth-order valence-corrected chi connectivity index (χ4v) is 2.00. The lowest BCUT2D eigenvalue weighted by Gasteiger charge is -2.02. The van der Waals surface area contributed by atoms with E-state index in [1.165, 1.54) is 6.92 Å². The summed E-state index contributed by atoms with van der Waals surface area (Å²) in [7, 11) is 0. The largest absolute Gasteiger partial charge is 0.298 e. The lowest BCUT2D eigenvalue weighted by molar-refractivity contribution is 0.101. The third-order valence-corrected chi connectivity index (χ3v) is 2.94. The quantitative estimate of drug-likeness (QED) is 0.621. The van der Waals surface area contributed by atoms with E-state index < -0.39 is 0 Å². The second-order valence-corrected chi connectivity index (χ2v) is 4.24. The summed E-state index contributed by atoms with van der Waals surface area (Å²) in [6.07, 6.45) is 0.735. The van der Waals surface area contributed by atoms with Crippen LogP contribution in [0, 0.1) is 0 Å². The Bertz CT molecular complexity index is 372. The summed E-state index contributed by atoms with van der Waals surface area (Å²) in [6, 6.07) is 3.25. The van der Waals surface area contributed by atoms with Crippen molar-refractivity contribution in [1.29, 1.82) is 0 Å². The number of rotatable bonds is 2. The molecule has 0 N–H and O–H groups in total. The van der Waals surface area contributed by atoms with Gasteiger partial charge in [0.2, 0.25) is 0 Å². The number of hydrogen-bond donors (Lipinski definition) is 0. The van der Waals surface area contributed by atoms with Gasteiger partial charge in [-0.25, -0.2) is 0 Å². The van der Waals surface area contributed by atoms with Gasteiger partial charge in [-0.1, -0.05) is 31.9 Å². The summed E-state index contributed by atoms with van der Waals surface area (Å²) in [5.41, 5.74) is 1.09. The highest BCUT2D eigenvalue weighted by Gasteiger charge is 2.09. The van der Waals surface area contributed by atoms with Gasteiger partial charge in [0, 0.05) is 20.1 Å². The molecule has 0 fully saturated rings. The summed E-state index contributed by atoms with van der Waals surface area (Å²) in [5.74, 6) is -0.0370. The van der Waals surface area contributed by atoms with Gasteiger partial charge in [-0.15, -0.1) is 0 Å². The summed E-state index contributed by atoms with van der Waals surface area (Å²) in [4.78, 5) is 21.6. The van der Waals surface area contributed by atoms with Gasteiger partial charge < -0.3 is 0 Å². The van der Waals surface area contributed by atoms with Crippen molar-refractivity contribution >= 4 is 43.9 Å². The van der Waals surface area contributed by atoms with Crippen LogP contribution < -0.4 is 0 Å². The van der Waals surface area contributed by atoms with Crippen LogP contribution in [-0.4, -0.2) is 12.1 Å². The van der Waals surface area contributed by atoms with Crippen LogP contribution in [-0.2, 0) is 0 Å². The molecule has 1 rings (SSSR count). The molecule has 0 aliphatic carbocycles. The Kier molecular flexibility index (Phi) is 3.39. The zero-order chi connectivity index (χ0) is 10.0. The SMILES string of the molecule is CC(=O)c1cc(Br)c(C=O)cc1Br. The molecule has 1 aromatic carbocycles. The smallest absolute Gasteiger partial charge is 0.160 e. The van der Waals surface area contributed by atoms with Crippen LogP contribution in [0.2, 0.25) is 0 Å². The number of Topliss-reactive ketones (excluding diaryl/α,β-unsaturated/α-hetero) is 1. The van der Waals surface area contributed by atoms with E-state index in [9.17, 15) is 9.59 Å². The van der Waals surface area contributed by atoms with Gasteiger partial charge >= 0.3 is 0 Å². The van der Waals surface area contributed by atoms with Gasteiger partial charge in [-0.05, 0) is 19.1 Å². The van der Waals surface area contributed by atoms with Crippen molar-refractivity contribution < 1.29 is 9.59 Å². The molecule has 0 saturated carbocycles. The predicted octanol–water partition coefficient (Wildman–Crippen LogP) is 3.23. The van der Waals surface area contributed by atoms with Crippen LogP contribution >= 0.6 is 31.9 Å². The van der Waals surface area contributed by atoms with E-state index in [-0.39, 0.29) is 5.78 Å². The van der Waals surface area contributed by atoms with Crippen molar-refractivity contribution in [3.8, 4) is 0 Å². The Labute approximate surface area is 92.6 Å². The van der Waals surface area contributed by atoms with Crippen LogP contribution in [0.5, 0.6) is 0 Å². The van der Waals surface area contributed by atoms with E-state index in [2.05, 4.69) is 31.9 Å². The maximum atomic E-state index is 11.1. The van der Waals surface area contributed by atoms with Crippen molar-refractivity contribution in [2.45, 2.75) is 6.92 Å². The van der Waals surface area contributed by atoms with E-state index >= 15 is 0 Å². The van der Waals surface area contributed by atoms with Crippen LogP contribution in [0.25, 0.3) is 0 Å². The summed E-state index contributed by atoms with van der Waals surface area (Å²) in [5, 5.41) is 0. The van der Waals surface area contributed by atoms with Gasteiger partial charge in [-0.2, -0.15) is 0 Å². The van der Waals surface area contributed by atoms with E-state index in [0.717, 1.165) is 6.29 Å². The number of ketones is 1. The van der Waals surface area contributed by atoms with Gasteiger partial charge in [0.05, 0.1) is 0 Å². The normalized spacial score (nSPS) is 9.77. The lowest BCUT2D eigenvalue weighted by atomic mass is 10.1. The zero-order valence-electron chi connectivity index (χ0n) is 6.80. The topological polar surface area (TPSA) is 34.1 Å². The fourth-order valence-electron chi connectivity index (χ4n) is 0.922. The number of aldehydes is 1. The standard InChI is InChI=1S/C9H6Br2O2/c1-5(13)7-3-8(10)6(4-12)2-9(7)11/h2-4H,1H3. The monoisotopic (exact) mass is 304 g/mol. The van der Waals surface area contributed by atoms with Gasteiger partial charge in [-0.3, -0.25) is 9.59 Å². The van der Waals surface area contributed by atoms with Crippen molar-refractivity contribution in [1.82, 2.24) is 0 Å². The number of halogens is 2. The molecule has 0 atom stereocenters. The number of carbonyl (C=O) groups is 2. The molecule has 0 radical (unpaired) electrons. The first-order chi connectivity index (χ1) is 6.06. The Balaban J connectivity index is 3.36. The Morgan fingerprint density at radius 1 is 1.31 bits per heavy atom. The molecule has 0 aliphatic rings. The maximum absolute atomic E-state index is 11.1. The molecule has 1 aromatic rings. The molecule has 0 amide bonds. The highest BCUT2D eigenvalue weighted by Crippen LogP contribution is 2.25. The molecule has 0 spiro atoms. The first-order valence-corrected chi connectivity index (χ1v) is 5.10. The van der Waals surface area contributed by atoms with Crippen molar-refractivity contribution in [3.05, 3.63) is 32.2 Å². The Morgan fingerprint density at radius 2 is 1.92 bits per heavy atom. The first-order valence-electron chi connectivity index (χ1n) is 3.51. The molecule has 2 nitrogen and oxygen atoms in total. The molecular weight excluding hydrogens is 300 g/mol. The van der Waals surface area contributed by atoms with Crippen LogP contribution in [0.4, 0.5) is 0 Å². The molecule has 0 saturated heterocycles. The van der Waals surface area contributed by atoms with E-state index in [1.807, 2.05) is 0 Å². The summed E-state index contributed by atoms with van der Waals surface area (Å²) < 4.78 is 1.28. The first kappa shape index (κ1) is 10.6. The predicted molar refractivity (Wildman–Crippen MR) is 57.2 cm³/mol. The summed E-state index contributed by atoms with van der Waals surface area (Å²) in [6.45, 7) is 1.48. The minimum atomic E-state index is -0.0370. The Hall–Kier alpha value is -0.480. The average molecular weight is 306 g/mol. The van der Waals surface area contributed by atoms with Gasteiger partial charge in [0.1, 0.15) is 0 Å². The molecule has 0 bridgehead atoms. The van der Waals surface area contributed by atoms with Crippen LogP contribution in [0.15, 0.2) is 21.1 Å². The third kappa shape index (κ3) is 2.25. The van der Waals surface area contributed by atoms with Crippen LogP contribution in [0.1, 0.15) is 27.6 Å². The zero-order valence-corrected chi connectivity index (χ0v) is 9.98. The molecule has 68 valence electrons. The van der Waals surface area contributed by atoms with E-state index in [0.29, 0.717) is 20.1 Å². The number of benzene rings is 1. The lowest BCUT2D eigenvalue weighted by Crippen LogP contribution is -1.95. The van der Waals surface area contributed by atoms with E-state index in [4.69, 9.17) is 0 Å².